The molecule has 0 unspecified atom stereocenters. The molecule has 2 aromatic rings. The first-order valence-electron chi connectivity index (χ1n) is 7.93. The normalized spacial score (nSPS) is 13.4. The van der Waals surface area contributed by atoms with Crippen molar-refractivity contribution in [2.24, 2.45) is 0 Å². The van der Waals surface area contributed by atoms with Gasteiger partial charge in [0.2, 0.25) is 0 Å². The van der Waals surface area contributed by atoms with Gasteiger partial charge in [-0.15, -0.1) is 0 Å². The van der Waals surface area contributed by atoms with Crippen LogP contribution in [0, 0.1) is 13.8 Å². The molecule has 0 saturated carbocycles. The van der Waals surface area contributed by atoms with Gasteiger partial charge in [0.25, 0.3) is 15.9 Å². The van der Waals surface area contributed by atoms with Crippen LogP contribution in [-0.2, 0) is 14.8 Å². The molecule has 130 valence electrons. The summed E-state index contributed by atoms with van der Waals surface area (Å²) < 4.78 is 28.2. The van der Waals surface area contributed by atoms with Crippen LogP contribution < -0.4 is 10.0 Å². The Morgan fingerprint density at radius 2 is 1.80 bits per heavy atom. The van der Waals surface area contributed by atoms with E-state index < -0.39 is 10.0 Å². The molecule has 0 bridgehead atoms. The zero-order chi connectivity index (χ0) is 18.4. The molecule has 1 aliphatic heterocycles. The van der Waals surface area contributed by atoms with Crippen molar-refractivity contribution in [2.75, 3.05) is 10.0 Å². The van der Waals surface area contributed by atoms with Crippen molar-refractivity contribution >= 4 is 32.9 Å². The molecule has 0 aliphatic carbocycles. The highest BCUT2D eigenvalue weighted by Gasteiger charge is 2.27. The molecule has 0 radical (unpaired) electrons. The Labute approximate surface area is 147 Å². The van der Waals surface area contributed by atoms with Gasteiger partial charge in [0.15, 0.2) is 0 Å². The van der Waals surface area contributed by atoms with Crippen molar-refractivity contribution in [1.82, 2.24) is 0 Å². The maximum atomic E-state index is 12.8. The summed E-state index contributed by atoms with van der Waals surface area (Å²) in [5.41, 5.74) is 5.06. The number of fused-ring (bicyclic) bond motifs is 1. The topological polar surface area (TPSA) is 75.3 Å². The summed E-state index contributed by atoms with van der Waals surface area (Å²) in [5, 5.41) is 2.76. The van der Waals surface area contributed by atoms with Crippen LogP contribution in [0.4, 0.5) is 11.4 Å². The lowest BCUT2D eigenvalue weighted by atomic mass is 10.0. The predicted molar refractivity (Wildman–Crippen MR) is 100 cm³/mol. The lowest BCUT2D eigenvalue weighted by molar-refractivity contribution is -0.110. The fraction of sp³-hybridized carbons (Fsp3) is 0.211. The van der Waals surface area contributed by atoms with Crippen LogP contribution >= 0.6 is 0 Å². The Morgan fingerprint density at radius 1 is 1.08 bits per heavy atom. The third kappa shape index (κ3) is 3.05. The van der Waals surface area contributed by atoms with E-state index in [4.69, 9.17) is 0 Å². The van der Waals surface area contributed by atoms with Crippen molar-refractivity contribution in [1.29, 1.82) is 0 Å². The molecule has 2 N–H and O–H groups in total. The molecule has 1 heterocycles. The minimum atomic E-state index is -3.75. The lowest BCUT2D eigenvalue weighted by Crippen LogP contribution is -2.14. The average molecular weight is 356 g/mol. The van der Waals surface area contributed by atoms with E-state index in [2.05, 4.69) is 10.0 Å². The number of hydrogen-bond donors (Lipinski definition) is 2. The summed E-state index contributed by atoms with van der Waals surface area (Å²) in [6, 6.07) is 10.2. The molecular weight excluding hydrogens is 336 g/mol. The quantitative estimate of drug-likeness (QED) is 0.820. The average Bonchev–Trinajstić information content (AvgIpc) is 2.86. The van der Waals surface area contributed by atoms with Crippen LogP contribution in [0.3, 0.4) is 0 Å². The predicted octanol–water partition coefficient (Wildman–Crippen LogP) is 3.85. The second-order valence-corrected chi connectivity index (χ2v) is 8.07. The largest absolute Gasteiger partial charge is 0.321 e. The molecule has 0 fully saturated rings. The summed E-state index contributed by atoms with van der Waals surface area (Å²) in [7, 11) is -3.75. The summed E-state index contributed by atoms with van der Waals surface area (Å²) in [6.07, 6.45) is 0. The van der Waals surface area contributed by atoms with Crippen molar-refractivity contribution in [2.45, 2.75) is 32.6 Å². The number of anilines is 2. The summed E-state index contributed by atoms with van der Waals surface area (Å²) in [6.45, 7) is 7.47. The number of carbonyl (C=O) groups is 1. The molecule has 2 aromatic carbocycles. The summed E-state index contributed by atoms with van der Waals surface area (Å²) in [4.78, 5) is 12.2. The van der Waals surface area contributed by atoms with Crippen LogP contribution in [0.5, 0.6) is 0 Å². The fourth-order valence-corrected chi connectivity index (χ4v) is 4.02. The smallest absolute Gasteiger partial charge is 0.261 e. The maximum absolute atomic E-state index is 12.8. The van der Waals surface area contributed by atoms with Crippen molar-refractivity contribution in [3.05, 3.63) is 58.7 Å². The van der Waals surface area contributed by atoms with E-state index in [-0.39, 0.29) is 10.8 Å². The molecular formula is C19H20N2O3S. The second kappa shape index (κ2) is 6.04. The van der Waals surface area contributed by atoms with E-state index in [9.17, 15) is 13.2 Å². The van der Waals surface area contributed by atoms with Gasteiger partial charge in [-0.3, -0.25) is 9.52 Å². The summed E-state index contributed by atoms with van der Waals surface area (Å²) >= 11 is 0. The Morgan fingerprint density at radius 3 is 2.48 bits per heavy atom. The molecule has 3 rings (SSSR count). The van der Waals surface area contributed by atoms with Crippen LogP contribution in [0.25, 0.3) is 5.57 Å². The lowest BCUT2D eigenvalue weighted by Gasteiger charge is -2.13. The number of hydrogen-bond acceptors (Lipinski definition) is 3. The molecule has 6 heteroatoms. The van der Waals surface area contributed by atoms with Crippen molar-refractivity contribution < 1.29 is 13.2 Å². The van der Waals surface area contributed by atoms with Gasteiger partial charge >= 0.3 is 0 Å². The Hall–Kier alpha value is -2.60. The van der Waals surface area contributed by atoms with Gasteiger partial charge in [-0.25, -0.2) is 8.42 Å². The van der Waals surface area contributed by atoms with Crippen LogP contribution in [-0.4, -0.2) is 14.3 Å². The SMILES string of the molecule is CC(C)=C1C(=O)Nc2ccc(S(=O)(=O)Nc3cccc(C)c3C)cc21. The van der Waals surface area contributed by atoms with Crippen LogP contribution in [0.2, 0.25) is 0 Å². The van der Waals surface area contributed by atoms with Gasteiger partial charge in [-0.1, -0.05) is 17.7 Å². The number of aryl methyl sites for hydroxylation is 1. The van der Waals surface area contributed by atoms with Gasteiger partial charge < -0.3 is 5.32 Å². The molecule has 0 saturated heterocycles. The third-order valence-corrected chi connectivity index (χ3v) is 5.76. The number of carbonyl (C=O) groups excluding carboxylic acids is 1. The first kappa shape index (κ1) is 17.2. The first-order valence-corrected chi connectivity index (χ1v) is 9.41. The van der Waals surface area contributed by atoms with E-state index >= 15 is 0 Å². The Kier molecular flexibility index (Phi) is 4.16. The Bertz CT molecular complexity index is 1020. The summed E-state index contributed by atoms with van der Waals surface area (Å²) in [5.74, 6) is -0.202. The number of rotatable bonds is 3. The van der Waals surface area contributed by atoms with E-state index in [0.29, 0.717) is 22.5 Å². The molecule has 25 heavy (non-hydrogen) atoms. The first-order chi connectivity index (χ1) is 11.7. The molecule has 0 atom stereocenters. The molecule has 1 aliphatic rings. The highest BCUT2D eigenvalue weighted by atomic mass is 32.2. The zero-order valence-electron chi connectivity index (χ0n) is 14.6. The molecule has 1 amide bonds. The minimum absolute atomic E-state index is 0.127. The second-order valence-electron chi connectivity index (χ2n) is 6.39. The number of benzene rings is 2. The Balaban J connectivity index is 2.04. The number of allylic oxidation sites excluding steroid dienone is 1. The van der Waals surface area contributed by atoms with Gasteiger partial charge in [0, 0.05) is 16.8 Å². The number of amides is 1. The van der Waals surface area contributed by atoms with Gasteiger partial charge in [0.05, 0.1) is 10.6 Å². The molecule has 0 aromatic heterocycles. The van der Waals surface area contributed by atoms with Crippen molar-refractivity contribution in [3.63, 3.8) is 0 Å². The van der Waals surface area contributed by atoms with E-state index in [1.165, 1.54) is 6.07 Å². The number of nitrogens with one attached hydrogen (secondary N) is 2. The standard InChI is InChI=1S/C19H20N2O3S/c1-11(2)18-15-10-14(8-9-17(15)20-19(18)22)25(23,24)21-16-7-5-6-12(3)13(16)4/h5-10,21H,1-4H3,(H,20,22). The monoisotopic (exact) mass is 356 g/mol. The zero-order valence-corrected chi connectivity index (χ0v) is 15.4. The number of sulfonamides is 1. The van der Waals surface area contributed by atoms with Crippen LogP contribution in [0.15, 0.2) is 46.9 Å². The van der Waals surface area contributed by atoms with E-state index in [1.54, 1.807) is 18.2 Å². The maximum Gasteiger partial charge on any atom is 0.261 e. The molecule has 0 spiro atoms. The van der Waals surface area contributed by atoms with Gasteiger partial charge in [-0.2, -0.15) is 0 Å². The minimum Gasteiger partial charge on any atom is -0.321 e. The highest BCUT2D eigenvalue weighted by Crippen LogP contribution is 2.35. The van der Waals surface area contributed by atoms with E-state index in [1.807, 2.05) is 39.8 Å². The van der Waals surface area contributed by atoms with E-state index in [0.717, 1.165) is 16.7 Å². The van der Waals surface area contributed by atoms with Gasteiger partial charge in [-0.05, 0) is 63.1 Å². The fourth-order valence-electron chi connectivity index (χ4n) is 2.88. The third-order valence-electron chi connectivity index (χ3n) is 4.39. The van der Waals surface area contributed by atoms with Crippen LogP contribution in [0.1, 0.15) is 30.5 Å². The molecule has 5 nitrogen and oxygen atoms in total. The highest BCUT2D eigenvalue weighted by molar-refractivity contribution is 7.92. The van der Waals surface area contributed by atoms with Crippen molar-refractivity contribution in [3.8, 4) is 0 Å². The van der Waals surface area contributed by atoms with Gasteiger partial charge in [0.1, 0.15) is 0 Å².